The van der Waals surface area contributed by atoms with Crippen molar-refractivity contribution >= 4 is 28.9 Å². The predicted molar refractivity (Wildman–Crippen MR) is 72.5 cm³/mol. The number of aryl methyl sites for hydroxylation is 1. The van der Waals surface area contributed by atoms with Crippen LogP contribution in [0.2, 0.25) is 10.0 Å². The second-order valence-electron chi connectivity index (χ2n) is 3.91. The van der Waals surface area contributed by atoms with Crippen LogP contribution >= 0.6 is 23.2 Å². The Kier molecular flexibility index (Phi) is 3.20. The molecule has 0 aliphatic rings. The van der Waals surface area contributed by atoms with Crippen molar-refractivity contribution in [3.63, 3.8) is 0 Å². The molecule has 0 aliphatic heterocycles. The van der Waals surface area contributed by atoms with Crippen LogP contribution in [0.25, 0.3) is 11.3 Å². The lowest BCUT2D eigenvalue weighted by Gasteiger charge is -2.05. The quantitative estimate of drug-likeness (QED) is 0.816. The van der Waals surface area contributed by atoms with Crippen molar-refractivity contribution in [1.82, 2.24) is 9.78 Å². The molecule has 1 aromatic carbocycles. The minimum Gasteiger partial charge on any atom is -0.398 e. The van der Waals surface area contributed by atoms with Gasteiger partial charge in [0.2, 0.25) is 0 Å². The van der Waals surface area contributed by atoms with Gasteiger partial charge >= 0.3 is 0 Å². The summed E-state index contributed by atoms with van der Waals surface area (Å²) >= 11 is 12.0. The molecule has 0 aliphatic carbocycles. The van der Waals surface area contributed by atoms with Gasteiger partial charge in [0.05, 0.1) is 21.4 Å². The third-order valence-electron chi connectivity index (χ3n) is 2.73. The van der Waals surface area contributed by atoms with Gasteiger partial charge in [-0.2, -0.15) is 10.4 Å². The third kappa shape index (κ3) is 1.92. The summed E-state index contributed by atoms with van der Waals surface area (Å²) in [5, 5.41) is 14.2. The van der Waals surface area contributed by atoms with Crippen LogP contribution in [0.15, 0.2) is 12.1 Å². The van der Waals surface area contributed by atoms with E-state index in [1.807, 2.05) is 6.92 Å². The number of nitrogen functional groups attached to an aromatic ring is 1. The summed E-state index contributed by atoms with van der Waals surface area (Å²) in [6.07, 6.45) is 0. The Morgan fingerprint density at radius 2 is 2.00 bits per heavy atom. The van der Waals surface area contributed by atoms with E-state index in [2.05, 4.69) is 11.2 Å². The summed E-state index contributed by atoms with van der Waals surface area (Å²) in [6, 6.07) is 5.34. The van der Waals surface area contributed by atoms with Gasteiger partial charge in [0.25, 0.3) is 0 Å². The van der Waals surface area contributed by atoms with Crippen LogP contribution in [0.3, 0.4) is 0 Å². The molecule has 2 N–H and O–H groups in total. The van der Waals surface area contributed by atoms with Crippen molar-refractivity contribution in [3.8, 4) is 17.3 Å². The molecule has 2 aromatic rings. The number of anilines is 1. The fraction of sp³-hybridized carbons (Fsp3) is 0.167. The Morgan fingerprint density at radius 1 is 1.33 bits per heavy atom. The van der Waals surface area contributed by atoms with Gasteiger partial charge in [0.1, 0.15) is 11.8 Å². The van der Waals surface area contributed by atoms with Gasteiger partial charge in [0, 0.05) is 18.2 Å². The van der Waals surface area contributed by atoms with Crippen molar-refractivity contribution < 1.29 is 0 Å². The third-order valence-corrected chi connectivity index (χ3v) is 3.37. The normalized spacial score (nSPS) is 10.4. The number of nitrogens with zero attached hydrogens (tertiary/aromatic N) is 3. The van der Waals surface area contributed by atoms with Gasteiger partial charge in [-0.25, -0.2) is 0 Å². The first kappa shape index (κ1) is 12.7. The van der Waals surface area contributed by atoms with Gasteiger partial charge in [0.15, 0.2) is 0 Å². The first-order valence-electron chi connectivity index (χ1n) is 5.14. The first-order valence-corrected chi connectivity index (χ1v) is 5.90. The first-order chi connectivity index (χ1) is 8.45. The van der Waals surface area contributed by atoms with Crippen LogP contribution in [0.1, 0.15) is 11.3 Å². The molecule has 0 atom stereocenters. The van der Waals surface area contributed by atoms with E-state index in [0.29, 0.717) is 32.7 Å². The number of nitriles is 1. The minimum atomic E-state index is 0.401. The Hall–Kier alpha value is -1.70. The number of aromatic nitrogens is 2. The second-order valence-corrected chi connectivity index (χ2v) is 4.73. The summed E-state index contributed by atoms with van der Waals surface area (Å²) in [7, 11) is 1.71. The summed E-state index contributed by atoms with van der Waals surface area (Å²) < 4.78 is 1.52. The van der Waals surface area contributed by atoms with Crippen LogP contribution in [-0.2, 0) is 7.05 Å². The Labute approximate surface area is 115 Å². The highest BCUT2D eigenvalue weighted by molar-refractivity contribution is 6.37. The number of rotatable bonds is 1. The van der Waals surface area contributed by atoms with E-state index in [1.165, 1.54) is 4.68 Å². The zero-order chi connectivity index (χ0) is 13.4. The molecular formula is C12H10Cl2N4. The number of nitrogens with two attached hydrogens (primary N) is 1. The molecule has 2 rings (SSSR count). The molecule has 4 nitrogen and oxygen atoms in total. The molecule has 0 amide bonds. The van der Waals surface area contributed by atoms with Gasteiger partial charge in [-0.3, -0.25) is 4.68 Å². The molecule has 1 aromatic heterocycles. The molecule has 0 saturated carbocycles. The van der Waals surface area contributed by atoms with Gasteiger partial charge < -0.3 is 5.73 Å². The molecule has 18 heavy (non-hydrogen) atoms. The average molecular weight is 281 g/mol. The lowest BCUT2D eigenvalue weighted by atomic mass is 10.1. The van der Waals surface area contributed by atoms with Crippen molar-refractivity contribution in [2.45, 2.75) is 6.92 Å². The highest BCUT2D eigenvalue weighted by Crippen LogP contribution is 2.35. The van der Waals surface area contributed by atoms with Crippen LogP contribution in [0.4, 0.5) is 5.69 Å². The average Bonchev–Trinajstić information content (AvgIpc) is 2.59. The lowest BCUT2D eigenvalue weighted by molar-refractivity contribution is 0.758. The molecule has 92 valence electrons. The van der Waals surface area contributed by atoms with E-state index in [-0.39, 0.29) is 0 Å². The Balaban J connectivity index is 2.71. The highest BCUT2D eigenvalue weighted by Gasteiger charge is 2.17. The molecule has 0 bridgehead atoms. The van der Waals surface area contributed by atoms with Gasteiger partial charge in [-0.1, -0.05) is 23.2 Å². The zero-order valence-electron chi connectivity index (χ0n) is 9.83. The lowest BCUT2D eigenvalue weighted by Crippen LogP contribution is -1.94. The van der Waals surface area contributed by atoms with Crippen LogP contribution in [0.5, 0.6) is 0 Å². The molecular weight excluding hydrogens is 271 g/mol. The maximum Gasteiger partial charge on any atom is 0.141 e. The number of halogens is 2. The van der Waals surface area contributed by atoms with Crippen LogP contribution in [-0.4, -0.2) is 9.78 Å². The number of hydrogen-bond donors (Lipinski definition) is 1. The van der Waals surface area contributed by atoms with Crippen molar-refractivity contribution in [2.24, 2.45) is 7.05 Å². The van der Waals surface area contributed by atoms with Crippen LogP contribution < -0.4 is 5.73 Å². The number of benzene rings is 1. The van der Waals surface area contributed by atoms with Crippen molar-refractivity contribution in [3.05, 3.63) is 33.4 Å². The molecule has 6 heteroatoms. The maximum absolute atomic E-state index is 9.04. The monoisotopic (exact) mass is 280 g/mol. The van der Waals surface area contributed by atoms with E-state index in [9.17, 15) is 0 Å². The van der Waals surface area contributed by atoms with Crippen molar-refractivity contribution in [2.75, 3.05) is 5.73 Å². The standard InChI is InChI=1S/C12H10Cl2N4/c1-6-11(5-15)18(2)17-12(6)7-3-10(16)9(14)4-8(7)13/h3-4H,16H2,1-2H3. The Morgan fingerprint density at radius 3 is 2.56 bits per heavy atom. The molecule has 0 radical (unpaired) electrons. The van der Waals surface area contributed by atoms with E-state index in [0.717, 1.165) is 5.56 Å². The molecule has 0 spiro atoms. The topological polar surface area (TPSA) is 67.6 Å². The molecule has 1 heterocycles. The number of hydrogen-bond acceptors (Lipinski definition) is 3. The zero-order valence-corrected chi connectivity index (χ0v) is 11.3. The largest absolute Gasteiger partial charge is 0.398 e. The summed E-state index contributed by atoms with van der Waals surface area (Å²) in [6.45, 7) is 1.82. The fourth-order valence-electron chi connectivity index (χ4n) is 1.79. The maximum atomic E-state index is 9.04. The Bertz CT molecular complexity index is 668. The summed E-state index contributed by atoms with van der Waals surface area (Å²) in [5.41, 5.74) is 8.77. The minimum absolute atomic E-state index is 0.401. The summed E-state index contributed by atoms with van der Waals surface area (Å²) in [5.74, 6) is 0. The van der Waals surface area contributed by atoms with Crippen LogP contribution in [0, 0.1) is 18.3 Å². The second kappa shape index (κ2) is 4.52. The van der Waals surface area contributed by atoms with Crippen molar-refractivity contribution in [1.29, 1.82) is 5.26 Å². The van der Waals surface area contributed by atoms with E-state index >= 15 is 0 Å². The molecule has 0 unspecified atom stereocenters. The van der Waals surface area contributed by atoms with E-state index < -0.39 is 0 Å². The van der Waals surface area contributed by atoms with E-state index in [1.54, 1.807) is 19.2 Å². The van der Waals surface area contributed by atoms with E-state index in [4.69, 9.17) is 34.2 Å². The molecule has 0 saturated heterocycles. The SMILES string of the molecule is Cc1c(-c2cc(N)c(Cl)cc2Cl)nn(C)c1C#N. The smallest absolute Gasteiger partial charge is 0.141 e. The van der Waals surface area contributed by atoms with Gasteiger partial charge in [-0.15, -0.1) is 0 Å². The fourth-order valence-corrected chi connectivity index (χ4v) is 2.26. The predicted octanol–water partition coefficient (Wildman–Crippen LogP) is 3.16. The molecule has 0 fully saturated rings. The summed E-state index contributed by atoms with van der Waals surface area (Å²) in [4.78, 5) is 0. The highest BCUT2D eigenvalue weighted by atomic mass is 35.5. The van der Waals surface area contributed by atoms with Gasteiger partial charge in [-0.05, 0) is 19.1 Å².